The van der Waals surface area contributed by atoms with Gasteiger partial charge in [-0.25, -0.2) is 13.2 Å². The number of aryl methyl sites for hydroxylation is 1. The number of ether oxygens (including phenoxy) is 1. The highest BCUT2D eigenvalue weighted by atomic mass is 32.2. The molecule has 0 unspecified atom stereocenters. The number of nitrogens with one attached hydrogen (secondary N) is 2. The monoisotopic (exact) mass is 498 g/mol. The molecule has 2 saturated heterocycles. The van der Waals surface area contributed by atoms with Crippen LogP contribution in [0, 0.1) is 0 Å². The van der Waals surface area contributed by atoms with E-state index in [9.17, 15) is 22.8 Å². The van der Waals surface area contributed by atoms with Gasteiger partial charge in [0.05, 0.1) is 18.1 Å². The summed E-state index contributed by atoms with van der Waals surface area (Å²) in [5, 5.41) is 5.46. The van der Waals surface area contributed by atoms with Crippen molar-refractivity contribution in [1.29, 1.82) is 0 Å². The molecule has 3 aliphatic rings. The summed E-state index contributed by atoms with van der Waals surface area (Å²) in [5.41, 5.74) is 1.03. The van der Waals surface area contributed by atoms with Crippen LogP contribution in [-0.2, 0) is 36.3 Å². The third-order valence-electron chi connectivity index (χ3n) is 6.70. The van der Waals surface area contributed by atoms with Crippen molar-refractivity contribution in [3.05, 3.63) is 59.7 Å². The summed E-state index contributed by atoms with van der Waals surface area (Å²) in [4.78, 5) is 39.8. The molecular formula is C24H26N4O6S. The average molecular weight is 499 g/mol. The van der Waals surface area contributed by atoms with Gasteiger partial charge in [-0.15, -0.1) is 0 Å². The van der Waals surface area contributed by atoms with E-state index in [0.29, 0.717) is 38.4 Å². The molecule has 11 heteroatoms. The molecule has 184 valence electrons. The van der Waals surface area contributed by atoms with Gasteiger partial charge in [0, 0.05) is 18.8 Å². The molecule has 1 spiro atoms. The van der Waals surface area contributed by atoms with E-state index in [1.807, 2.05) is 24.3 Å². The van der Waals surface area contributed by atoms with Crippen LogP contribution in [0.4, 0.5) is 10.5 Å². The van der Waals surface area contributed by atoms with E-state index in [-0.39, 0.29) is 4.90 Å². The van der Waals surface area contributed by atoms with Crippen molar-refractivity contribution in [3.63, 3.8) is 0 Å². The van der Waals surface area contributed by atoms with Crippen molar-refractivity contribution < 1.29 is 27.5 Å². The number of amides is 4. The van der Waals surface area contributed by atoms with Crippen molar-refractivity contribution in [2.75, 3.05) is 38.2 Å². The van der Waals surface area contributed by atoms with Crippen LogP contribution in [-0.4, -0.2) is 68.3 Å². The molecule has 1 aliphatic carbocycles. The summed E-state index contributed by atoms with van der Waals surface area (Å²) in [6, 6.07) is 12.7. The minimum Gasteiger partial charge on any atom is -0.379 e. The number of anilines is 1. The summed E-state index contributed by atoms with van der Waals surface area (Å²) in [7, 11) is -3.65. The summed E-state index contributed by atoms with van der Waals surface area (Å²) < 4.78 is 32.1. The summed E-state index contributed by atoms with van der Waals surface area (Å²) in [6.07, 6.45) is 2.06. The molecule has 0 saturated carbocycles. The van der Waals surface area contributed by atoms with Crippen molar-refractivity contribution >= 4 is 33.6 Å². The average Bonchev–Trinajstić information content (AvgIpc) is 3.09. The molecule has 2 aromatic carbocycles. The Morgan fingerprint density at radius 2 is 1.77 bits per heavy atom. The van der Waals surface area contributed by atoms with E-state index in [1.165, 1.54) is 28.6 Å². The Hall–Kier alpha value is -3.28. The van der Waals surface area contributed by atoms with E-state index in [2.05, 4.69) is 10.6 Å². The standard InChI is InChI=1S/C24H26N4O6S/c29-21(25-18-7-9-19(10-8-18)35(32,33)27-12-14-34-15-13-27)16-28-22(30)24(26-23(28)31)11-3-5-17-4-1-2-6-20(17)24/h1-2,4,6-10H,3,5,11-16H2,(H,25,29)(H,26,31)/t24-/m1/s1. The first-order valence-corrected chi connectivity index (χ1v) is 13.0. The minimum absolute atomic E-state index is 0.115. The Morgan fingerprint density at radius 1 is 1.06 bits per heavy atom. The lowest BCUT2D eigenvalue weighted by Gasteiger charge is -2.33. The highest BCUT2D eigenvalue weighted by Gasteiger charge is 2.54. The fourth-order valence-corrected chi connectivity index (χ4v) is 6.35. The topological polar surface area (TPSA) is 125 Å². The fourth-order valence-electron chi connectivity index (χ4n) is 4.95. The van der Waals surface area contributed by atoms with Gasteiger partial charge in [0.15, 0.2) is 0 Å². The first-order valence-electron chi connectivity index (χ1n) is 11.5. The van der Waals surface area contributed by atoms with Crippen LogP contribution in [0.15, 0.2) is 53.4 Å². The summed E-state index contributed by atoms with van der Waals surface area (Å²) in [6.45, 7) is 0.839. The van der Waals surface area contributed by atoms with Gasteiger partial charge in [-0.3, -0.25) is 14.5 Å². The summed E-state index contributed by atoms with van der Waals surface area (Å²) >= 11 is 0. The molecule has 5 rings (SSSR count). The van der Waals surface area contributed by atoms with E-state index in [4.69, 9.17) is 4.74 Å². The quantitative estimate of drug-likeness (QED) is 0.601. The molecule has 2 aliphatic heterocycles. The second-order valence-corrected chi connectivity index (χ2v) is 10.8. The Labute approximate surface area is 203 Å². The smallest absolute Gasteiger partial charge is 0.325 e. The number of urea groups is 1. The van der Waals surface area contributed by atoms with Gasteiger partial charge in [-0.2, -0.15) is 4.31 Å². The van der Waals surface area contributed by atoms with E-state index in [0.717, 1.165) is 28.9 Å². The van der Waals surface area contributed by atoms with Crippen molar-refractivity contribution in [3.8, 4) is 0 Å². The van der Waals surface area contributed by atoms with Crippen LogP contribution in [0.3, 0.4) is 0 Å². The molecule has 4 amide bonds. The number of imide groups is 1. The highest BCUT2D eigenvalue weighted by molar-refractivity contribution is 7.89. The SMILES string of the molecule is O=C(CN1C(=O)N[C@@]2(CCCc3ccccc32)C1=O)Nc1ccc(S(=O)(=O)N2CCOCC2)cc1. The zero-order chi connectivity index (χ0) is 24.6. The predicted octanol–water partition coefficient (Wildman–Crippen LogP) is 1.43. The number of hydrogen-bond donors (Lipinski definition) is 2. The molecule has 10 nitrogen and oxygen atoms in total. The maximum Gasteiger partial charge on any atom is 0.325 e. The Morgan fingerprint density at radius 3 is 2.51 bits per heavy atom. The zero-order valence-electron chi connectivity index (χ0n) is 19.0. The number of carbonyl (C=O) groups is 3. The van der Waals surface area contributed by atoms with Crippen LogP contribution in [0.25, 0.3) is 0 Å². The number of sulfonamides is 1. The lowest BCUT2D eigenvalue weighted by Crippen LogP contribution is -2.47. The van der Waals surface area contributed by atoms with Gasteiger partial charge < -0.3 is 15.4 Å². The first kappa shape index (κ1) is 23.5. The Balaban J connectivity index is 1.26. The van der Waals surface area contributed by atoms with Crippen LogP contribution in [0.5, 0.6) is 0 Å². The van der Waals surface area contributed by atoms with Crippen molar-refractivity contribution in [2.24, 2.45) is 0 Å². The number of benzene rings is 2. The zero-order valence-corrected chi connectivity index (χ0v) is 19.8. The third kappa shape index (κ3) is 4.19. The Kier molecular flexibility index (Phi) is 6.07. The lowest BCUT2D eigenvalue weighted by molar-refractivity contribution is -0.134. The maximum atomic E-state index is 13.3. The van der Waals surface area contributed by atoms with Crippen LogP contribution in [0.2, 0.25) is 0 Å². The summed E-state index contributed by atoms with van der Waals surface area (Å²) in [5.74, 6) is -0.991. The molecule has 2 heterocycles. The number of hydrogen-bond acceptors (Lipinski definition) is 6. The Bertz CT molecular complexity index is 1270. The number of morpholine rings is 1. The van der Waals surface area contributed by atoms with E-state index in [1.54, 1.807) is 0 Å². The highest BCUT2D eigenvalue weighted by Crippen LogP contribution is 2.39. The molecular weight excluding hydrogens is 472 g/mol. The molecule has 0 bridgehead atoms. The second kappa shape index (κ2) is 9.06. The molecule has 2 fully saturated rings. The third-order valence-corrected chi connectivity index (χ3v) is 8.61. The largest absolute Gasteiger partial charge is 0.379 e. The molecule has 2 N–H and O–H groups in total. The van der Waals surface area contributed by atoms with Crippen LogP contribution in [0.1, 0.15) is 24.0 Å². The van der Waals surface area contributed by atoms with Crippen LogP contribution < -0.4 is 10.6 Å². The predicted molar refractivity (Wildman–Crippen MR) is 126 cm³/mol. The van der Waals surface area contributed by atoms with E-state index < -0.39 is 40.0 Å². The molecule has 35 heavy (non-hydrogen) atoms. The van der Waals surface area contributed by atoms with Gasteiger partial charge in [-0.05, 0) is 54.7 Å². The fraction of sp³-hybridized carbons (Fsp3) is 0.375. The second-order valence-electron chi connectivity index (χ2n) is 8.83. The molecule has 1 atom stereocenters. The van der Waals surface area contributed by atoms with Gasteiger partial charge >= 0.3 is 6.03 Å². The van der Waals surface area contributed by atoms with Gasteiger partial charge in [0.25, 0.3) is 5.91 Å². The molecule has 0 radical (unpaired) electrons. The maximum absolute atomic E-state index is 13.3. The molecule has 2 aromatic rings. The minimum atomic E-state index is -3.65. The van der Waals surface area contributed by atoms with Crippen molar-refractivity contribution in [2.45, 2.75) is 29.7 Å². The number of nitrogens with zero attached hydrogens (tertiary/aromatic N) is 2. The van der Waals surface area contributed by atoms with Gasteiger partial charge in [0.2, 0.25) is 15.9 Å². The van der Waals surface area contributed by atoms with Crippen molar-refractivity contribution in [1.82, 2.24) is 14.5 Å². The first-order chi connectivity index (χ1) is 16.8. The van der Waals surface area contributed by atoms with Gasteiger partial charge in [0.1, 0.15) is 12.1 Å². The lowest BCUT2D eigenvalue weighted by atomic mass is 9.76. The van der Waals surface area contributed by atoms with Gasteiger partial charge in [-0.1, -0.05) is 24.3 Å². The molecule has 0 aromatic heterocycles. The number of carbonyl (C=O) groups excluding carboxylic acids is 3. The number of fused-ring (bicyclic) bond motifs is 2. The van der Waals surface area contributed by atoms with E-state index >= 15 is 0 Å². The van der Waals surface area contributed by atoms with Crippen LogP contribution >= 0.6 is 0 Å². The normalized spacial score (nSPS) is 22.7. The number of rotatable bonds is 5.